The van der Waals surface area contributed by atoms with Crippen molar-refractivity contribution in [3.05, 3.63) is 124 Å². The van der Waals surface area contributed by atoms with Crippen molar-refractivity contribution in [2.75, 3.05) is 45.7 Å². The molecule has 1 aliphatic rings. The van der Waals surface area contributed by atoms with Crippen LogP contribution in [0.4, 0.5) is 5.69 Å². The molecule has 0 saturated carbocycles. The van der Waals surface area contributed by atoms with E-state index in [0.717, 1.165) is 54.6 Å². The Kier molecular flexibility index (Phi) is 13.7. The first-order valence-electron chi connectivity index (χ1n) is 16.6. The number of nitro groups is 1. The predicted molar refractivity (Wildman–Crippen MR) is 196 cm³/mol. The zero-order chi connectivity index (χ0) is 36.2. The number of non-ortho nitro benzene ring substituents is 1. The summed E-state index contributed by atoms with van der Waals surface area (Å²) in [6.07, 6.45) is 1.89. The second-order valence-electron chi connectivity index (χ2n) is 12.0. The van der Waals surface area contributed by atoms with Gasteiger partial charge in [0.1, 0.15) is 0 Å². The van der Waals surface area contributed by atoms with Crippen molar-refractivity contribution < 1.29 is 32.7 Å². The number of sulfonamides is 1. The third-order valence-electron chi connectivity index (χ3n) is 8.46. The number of morpholine rings is 1. The molecule has 0 aliphatic carbocycles. The number of carbonyl (C=O) groups is 1. The number of carbonyl (C=O) groups excluding carboxylic acids is 1. The summed E-state index contributed by atoms with van der Waals surface area (Å²) in [5.74, 6) is -0.539. The SMILES string of the molecule is COC1CN(CCCc2ccc(-c3ccc(C(=O)N(N[C@H](CCO)CSc4ccccc4)S(=O)(=O)c4cccc([N+](=O)[O-])c4)cc3)cc2)CCO1. The molecule has 270 valence electrons. The smallest absolute Gasteiger partial charge is 0.282 e. The Balaban J connectivity index is 1.31. The molecule has 5 rings (SSSR count). The number of nitro benzene ring substituents is 1. The lowest BCUT2D eigenvalue weighted by Crippen LogP contribution is -2.52. The van der Waals surface area contributed by atoms with Gasteiger partial charge >= 0.3 is 0 Å². The Morgan fingerprint density at radius 1 is 1.06 bits per heavy atom. The second kappa shape index (κ2) is 18.4. The molecule has 0 aromatic heterocycles. The van der Waals surface area contributed by atoms with E-state index in [1.54, 1.807) is 31.4 Å². The zero-order valence-corrected chi connectivity index (χ0v) is 29.9. The first kappa shape index (κ1) is 38.1. The first-order chi connectivity index (χ1) is 24.7. The molecule has 51 heavy (non-hydrogen) atoms. The molecule has 1 unspecified atom stereocenters. The molecule has 1 amide bonds. The number of amides is 1. The number of ether oxygens (including phenoxy) is 2. The molecule has 2 N–H and O–H groups in total. The largest absolute Gasteiger partial charge is 0.396 e. The summed E-state index contributed by atoms with van der Waals surface area (Å²) in [4.78, 5) is 27.6. The average molecular weight is 735 g/mol. The molecule has 1 saturated heterocycles. The molecule has 12 nitrogen and oxygen atoms in total. The van der Waals surface area contributed by atoms with Crippen LogP contribution >= 0.6 is 11.8 Å². The van der Waals surface area contributed by atoms with Crippen LogP contribution in [0.1, 0.15) is 28.8 Å². The molecule has 2 atom stereocenters. The van der Waals surface area contributed by atoms with E-state index in [1.165, 1.54) is 35.5 Å². The predicted octanol–water partition coefficient (Wildman–Crippen LogP) is 5.38. The summed E-state index contributed by atoms with van der Waals surface area (Å²) >= 11 is 1.44. The van der Waals surface area contributed by atoms with Crippen LogP contribution in [0.25, 0.3) is 11.1 Å². The number of hydrogen-bond donors (Lipinski definition) is 2. The molecule has 0 radical (unpaired) electrons. The number of hydrogen-bond acceptors (Lipinski definition) is 11. The lowest BCUT2D eigenvalue weighted by Gasteiger charge is -2.31. The Bertz CT molecular complexity index is 1840. The van der Waals surface area contributed by atoms with Crippen LogP contribution in [0.3, 0.4) is 0 Å². The second-order valence-corrected chi connectivity index (χ2v) is 14.9. The van der Waals surface area contributed by atoms with Crippen LogP contribution in [0.2, 0.25) is 0 Å². The average Bonchev–Trinajstić information content (AvgIpc) is 3.16. The minimum absolute atomic E-state index is 0.0918. The topological polar surface area (TPSA) is 152 Å². The number of nitrogens with zero attached hydrogens (tertiary/aromatic N) is 3. The van der Waals surface area contributed by atoms with Gasteiger partial charge < -0.3 is 14.6 Å². The van der Waals surface area contributed by atoms with Gasteiger partial charge in [0.15, 0.2) is 6.29 Å². The number of aliphatic hydroxyl groups is 1. The van der Waals surface area contributed by atoms with Crippen LogP contribution in [0, 0.1) is 10.1 Å². The van der Waals surface area contributed by atoms with E-state index in [2.05, 4.69) is 22.5 Å². The maximum atomic E-state index is 14.0. The number of aliphatic hydroxyl groups excluding tert-OH is 1. The summed E-state index contributed by atoms with van der Waals surface area (Å²) in [6, 6.07) is 28.2. The van der Waals surface area contributed by atoms with Crippen molar-refractivity contribution in [2.45, 2.75) is 41.4 Å². The maximum absolute atomic E-state index is 14.0. The summed E-state index contributed by atoms with van der Waals surface area (Å²) < 4.78 is 39.4. The number of nitrogens with one attached hydrogen (secondary N) is 1. The fraction of sp³-hybridized carbons (Fsp3) is 0.324. The standard InChI is InChI=1S/C37H42N4O8S2/c1-48-36-26-39(22-24-49-36)21-6-7-28-12-14-29(15-13-28)30-16-18-31(19-17-30)37(43)40(51(46,47)35-11-5-8-33(25-35)41(44)45)38-32(20-23-42)27-50-34-9-3-2-4-10-34/h2-5,8-19,25,32,36,38,42H,6-7,20-24,26-27H2,1H3/t32-,36?/m1/s1. The number of thioether (sulfide) groups is 1. The van der Waals surface area contributed by atoms with E-state index >= 15 is 0 Å². The third kappa shape index (κ3) is 10.5. The molecular formula is C37H42N4O8S2. The highest BCUT2D eigenvalue weighted by Crippen LogP contribution is 2.26. The fourth-order valence-electron chi connectivity index (χ4n) is 5.63. The van der Waals surface area contributed by atoms with Gasteiger partial charge in [-0.25, -0.2) is 5.43 Å². The number of hydrazine groups is 1. The highest BCUT2D eigenvalue weighted by atomic mass is 32.2. The quantitative estimate of drug-likeness (QED) is 0.0818. The van der Waals surface area contributed by atoms with Gasteiger partial charge in [-0.05, 0) is 72.8 Å². The van der Waals surface area contributed by atoms with Gasteiger partial charge in [-0.1, -0.05) is 60.7 Å². The lowest BCUT2D eigenvalue weighted by molar-refractivity contribution is -0.385. The van der Waals surface area contributed by atoms with Crippen LogP contribution in [0.5, 0.6) is 0 Å². The first-order valence-corrected chi connectivity index (χ1v) is 19.1. The highest BCUT2D eigenvalue weighted by Gasteiger charge is 2.33. The molecule has 14 heteroatoms. The summed E-state index contributed by atoms with van der Waals surface area (Å²) in [5.41, 5.74) is 5.49. The number of methoxy groups -OCH3 is 1. The van der Waals surface area contributed by atoms with Crippen molar-refractivity contribution in [1.82, 2.24) is 14.7 Å². The third-order valence-corrected chi connectivity index (χ3v) is 11.2. The van der Waals surface area contributed by atoms with Crippen molar-refractivity contribution in [1.29, 1.82) is 0 Å². The highest BCUT2D eigenvalue weighted by molar-refractivity contribution is 7.99. The summed E-state index contributed by atoms with van der Waals surface area (Å²) in [6.45, 7) is 3.01. The van der Waals surface area contributed by atoms with E-state index in [9.17, 15) is 28.4 Å². The molecule has 4 aromatic rings. The van der Waals surface area contributed by atoms with Crippen LogP contribution in [-0.4, -0.2) is 91.7 Å². The minimum atomic E-state index is -4.63. The minimum Gasteiger partial charge on any atom is -0.396 e. The van der Waals surface area contributed by atoms with E-state index in [0.29, 0.717) is 16.8 Å². The van der Waals surface area contributed by atoms with Crippen LogP contribution in [-0.2, 0) is 25.9 Å². The van der Waals surface area contributed by atoms with E-state index in [4.69, 9.17) is 9.47 Å². The molecule has 1 aliphatic heterocycles. The van der Waals surface area contributed by atoms with Gasteiger partial charge in [-0.3, -0.25) is 19.8 Å². The molecule has 0 spiro atoms. The molecule has 1 heterocycles. The van der Waals surface area contributed by atoms with Gasteiger partial charge in [0.2, 0.25) is 0 Å². The van der Waals surface area contributed by atoms with Crippen molar-refractivity contribution in [3.8, 4) is 11.1 Å². The van der Waals surface area contributed by atoms with Crippen LogP contribution in [0.15, 0.2) is 113 Å². The van der Waals surface area contributed by atoms with Gasteiger partial charge in [-0.15, -0.1) is 11.8 Å². The van der Waals surface area contributed by atoms with Crippen molar-refractivity contribution in [3.63, 3.8) is 0 Å². The lowest BCUT2D eigenvalue weighted by atomic mass is 10.0. The summed E-state index contributed by atoms with van der Waals surface area (Å²) in [5, 5.41) is 21.3. The number of aryl methyl sites for hydroxylation is 1. The molecule has 0 bridgehead atoms. The monoisotopic (exact) mass is 734 g/mol. The van der Waals surface area contributed by atoms with E-state index in [1.807, 2.05) is 42.5 Å². The Morgan fingerprint density at radius 2 is 1.76 bits per heavy atom. The summed E-state index contributed by atoms with van der Waals surface area (Å²) in [7, 11) is -2.97. The normalized spacial score (nSPS) is 15.7. The number of benzene rings is 4. The van der Waals surface area contributed by atoms with E-state index < -0.39 is 37.5 Å². The molecule has 4 aromatic carbocycles. The van der Waals surface area contributed by atoms with Crippen LogP contribution < -0.4 is 5.43 Å². The van der Waals surface area contributed by atoms with E-state index in [-0.39, 0.29) is 24.9 Å². The Labute approximate surface area is 302 Å². The van der Waals surface area contributed by atoms with Crippen molar-refractivity contribution in [2.24, 2.45) is 0 Å². The van der Waals surface area contributed by atoms with Crippen molar-refractivity contribution >= 4 is 33.4 Å². The van der Waals surface area contributed by atoms with Gasteiger partial charge in [0.05, 0.1) is 16.4 Å². The molecule has 1 fully saturated rings. The fourth-order valence-corrected chi connectivity index (χ4v) is 7.95. The maximum Gasteiger partial charge on any atom is 0.282 e. The zero-order valence-electron chi connectivity index (χ0n) is 28.3. The van der Waals surface area contributed by atoms with Gasteiger partial charge in [-0.2, -0.15) is 12.8 Å². The Hall–Kier alpha value is -4.15. The number of rotatable bonds is 17. The van der Waals surface area contributed by atoms with Gasteiger partial charge in [0, 0.05) is 61.2 Å². The Morgan fingerprint density at radius 3 is 2.43 bits per heavy atom. The molecular weight excluding hydrogens is 693 g/mol. The van der Waals surface area contributed by atoms with Gasteiger partial charge in [0.25, 0.3) is 21.6 Å².